The third-order valence-corrected chi connectivity index (χ3v) is 5.25. The average molecular weight is 350 g/mol. The lowest BCUT2D eigenvalue weighted by Crippen LogP contribution is -2.37. The van der Waals surface area contributed by atoms with Crippen molar-refractivity contribution in [2.75, 3.05) is 12.8 Å². The van der Waals surface area contributed by atoms with Gasteiger partial charge in [-0.05, 0) is 19.8 Å². The normalized spacial score (nSPS) is 12.4. The molecule has 0 aliphatic carbocycles. The van der Waals surface area contributed by atoms with E-state index in [0.717, 1.165) is 51.4 Å². The van der Waals surface area contributed by atoms with Gasteiger partial charge in [-0.3, -0.25) is 9.36 Å². The predicted octanol–water partition coefficient (Wildman–Crippen LogP) is 4.65. The summed E-state index contributed by atoms with van der Waals surface area (Å²) in [7, 11) is -4.28. The molecule has 0 aliphatic rings. The van der Waals surface area contributed by atoms with Crippen molar-refractivity contribution in [3.63, 3.8) is 0 Å². The molecule has 0 aromatic heterocycles. The molecular weight excluding hydrogens is 315 g/mol. The van der Waals surface area contributed by atoms with Gasteiger partial charge in [-0.25, -0.2) is 0 Å². The van der Waals surface area contributed by atoms with Gasteiger partial charge in [0.25, 0.3) is 0 Å². The summed E-state index contributed by atoms with van der Waals surface area (Å²) in [4.78, 5) is 31.5. The van der Waals surface area contributed by atoms with Crippen LogP contribution in [0.1, 0.15) is 85.0 Å². The summed E-state index contributed by atoms with van der Waals surface area (Å²) >= 11 is 0. The molecular formula is C17H35O5P. The molecule has 2 N–H and O–H groups in total. The summed E-state index contributed by atoms with van der Waals surface area (Å²) in [5.41, 5.74) is -1.03. The molecule has 0 spiro atoms. The molecule has 0 amide bonds. The van der Waals surface area contributed by atoms with Crippen molar-refractivity contribution < 1.29 is 23.9 Å². The third kappa shape index (κ3) is 10.2. The molecule has 0 unspecified atom stereocenters. The van der Waals surface area contributed by atoms with Crippen LogP contribution in [0.2, 0.25) is 0 Å². The fourth-order valence-electron chi connectivity index (χ4n) is 3.01. The molecule has 0 aromatic carbocycles. The summed E-state index contributed by atoms with van der Waals surface area (Å²) in [6.07, 6.45) is 8.50. The van der Waals surface area contributed by atoms with Gasteiger partial charge < -0.3 is 14.5 Å². The molecule has 5 nitrogen and oxygen atoms in total. The molecule has 0 aliphatic heterocycles. The molecule has 0 rings (SSSR count). The van der Waals surface area contributed by atoms with E-state index in [2.05, 4.69) is 13.8 Å². The quantitative estimate of drug-likeness (QED) is 0.270. The van der Waals surface area contributed by atoms with Crippen LogP contribution < -0.4 is 0 Å². The second-order valence-electron chi connectivity index (χ2n) is 6.44. The van der Waals surface area contributed by atoms with Gasteiger partial charge in [-0.2, -0.15) is 0 Å². The molecule has 0 saturated heterocycles. The molecule has 0 radical (unpaired) electrons. The zero-order valence-corrected chi connectivity index (χ0v) is 15.9. The van der Waals surface area contributed by atoms with Crippen LogP contribution in [0.25, 0.3) is 0 Å². The first-order chi connectivity index (χ1) is 10.8. The van der Waals surface area contributed by atoms with Crippen molar-refractivity contribution in [1.82, 2.24) is 0 Å². The second kappa shape index (κ2) is 12.0. The number of esters is 1. The van der Waals surface area contributed by atoms with Crippen LogP contribution in [-0.4, -0.2) is 28.5 Å². The van der Waals surface area contributed by atoms with Gasteiger partial charge in [0.1, 0.15) is 0 Å². The van der Waals surface area contributed by atoms with Gasteiger partial charge in [0.15, 0.2) is 0 Å². The van der Waals surface area contributed by atoms with Crippen LogP contribution in [0, 0.1) is 5.41 Å². The molecule has 0 heterocycles. The molecule has 23 heavy (non-hydrogen) atoms. The Hall–Kier alpha value is -0.380. The van der Waals surface area contributed by atoms with Crippen molar-refractivity contribution in [2.24, 2.45) is 5.41 Å². The minimum absolute atomic E-state index is 0.242. The van der Waals surface area contributed by atoms with Crippen LogP contribution in [0.4, 0.5) is 0 Å². The lowest BCUT2D eigenvalue weighted by Gasteiger charge is -2.32. The van der Waals surface area contributed by atoms with Crippen molar-refractivity contribution >= 4 is 13.6 Å². The Kier molecular flexibility index (Phi) is 11.9. The Morgan fingerprint density at radius 1 is 0.913 bits per heavy atom. The summed E-state index contributed by atoms with van der Waals surface area (Å²) in [5, 5.41) is 0. The van der Waals surface area contributed by atoms with E-state index < -0.39 is 25.1 Å². The van der Waals surface area contributed by atoms with E-state index in [4.69, 9.17) is 4.74 Å². The Morgan fingerprint density at radius 2 is 1.39 bits per heavy atom. The highest BCUT2D eigenvalue weighted by atomic mass is 31.2. The van der Waals surface area contributed by atoms with Crippen LogP contribution in [0.5, 0.6) is 0 Å². The molecule has 0 atom stereocenters. The van der Waals surface area contributed by atoms with Crippen LogP contribution in [0.15, 0.2) is 0 Å². The number of carbonyl (C=O) groups excluding carboxylic acids is 1. The predicted molar refractivity (Wildman–Crippen MR) is 93.5 cm³/mol. The van der Waals surface area contributed by atoms with Crippen LogP contribution >= 0.6 is 7.60 Å². The highest BCUT2D eigenvalue weighted by Crippen LogP contribution is 2.47. The Morgan fingerprint density at radius 3 is 1.74 bits per heavy atom. The smallest absolute Gasteiger partial charge is 0.326 e. The Balaban J connectivity index is 5.08. The lowest BCUT2D eigenvalue weighted by molar-refractivity contribution is -0.155. The van der Waals surface area contributed by atoms with E-state index in [1.54, 1.807) is 6.92 Å². The fourth-order valence-corrected chi connectivity index (χ4v) is 4.24. The highest BCUT2D eigenvalue weighted by Gasteiger charge is 2.43. The SMILES string of the molecule is CCCCCCC(CCCCCC)(CP(=O)(O)O)C(=O)OCC. The molecule has 6 heteroatoms. The van der Waals surface area contributed by atoms with E-state index in [0.29, 0.717) is 12.8 Å². The minimum Gasteiger partial charge on any atom is -0.466 e. The van der Waals surface area contributed by atoms with Crippen LogP contribution in [-0.2, 0) is 14.1 Å². The lowest BCUT2D eigenvalue weighted by atomic mass is 9.79. The number of unbranched alkanes of at least 4 members (excludes halogenated alkanes) is 6. The van der Waals surface area contributed by atoms with Crippen molar-refractivity contribution in [2.45, 2.75) is 85.0 Å². The maximum atomic E-state index is 12.5. The number of ether oxygens (including phenoxy) is 1. The van der Waals surface area contributed by atoms with Crippen LogP contribution in [0.3, 0.4) is 0 Å². The first-order valence-corrected chi connectivity index (χ1v) is 10.8. The van der Waals surface area contributed by atoms with Crippen molar-refractivity contribution in [3.8, 4) is 0 Å². The topological polar surface area (TPSA) is 83.8 Å². The zero-order valence-electron chi connectivity index (χ0n) is 15.1. The fraction of sp³-hybridized carbons (Fsp3) is 0.941. The van der Waals surface area contributed by atoms with Crippen molar-refractivity contribution in [1.29, 1.82) is 0 Å². The molecule has 0 saturated carbocycles. The molecule has 0 bridgehead atoms. The van der Waals surface area contributed by atoms with E-state index in [1.165, 1.54) is 0 Å². The number of rotatable bonds is 14. The van der Waals surface area contributed by atoms with Gasteiger partial charge in [-0.1, -0.05) is 65.2 Å². The molecule has 138 valence electrons. The first-order valence-electron chi connectivity index (χ1n) is 9.03. The van der Waals surface area contributed by atoms with E-state index in [-0.39, 0.29) is 6.61 Å². The van der Waals surface area contributed by atoms with Gasteiger partial charge in [0, 0.05) is 0 Å². The van der Waals surface area contributed by atoms with Gasteiger partial charge in [-0.15, -0.1) is 0 Å². The average Bonchev–Trinajstić information content (AvgIpc) is 2.46. The Labute approximate surface area is 141 Å². The Bertz CT molecular complexity index is 352. The summed E-state index contributed by atoms with van der Waals surface area (Å²) in [6.45, 7) is 6.19. The summed E-state index contributed by atoms with van der Waals surface area (Å²) in [6, 6.07) is 0. The summed E-state index contributed by atoms with van der Waals surface area (Å²) in [5.74, 6) is -0.434. The van der Waals surface area contributed by atoms with Gasteiger partial charge in [0.05, 0.1) is 18.2 Å². The van der Waals surface area contributed by atoms with E-state index in [1.807, 2.05) is 0 Å². The molecule has 0 aromatic rings. The maximum absolute atomic E-state index is 12.5. The standard InChI is InChI=1S/C17H35O5P/c1-4-7-9-11-13-17(15-23(19,20)21,16(18)22-6-3)14-12-10-8-5-2/h4-15H2,1-3H3,(H2,19,20,21). The third-order valence-electron chi connectivity index (χ3n) is 4.23. The number of hydrogen-bond donors (Lipinski definition) is 2. The maximum Gasteiger partial charge on any atom is 0.326 e. The van der Waals surface area contributed by atoms with Gasteiger partial charge in [0.2, 0.25) is 0 Å². The second-order valence-corrected chi connectivity index (χ2v) is 8.09. The largest absolute Gasteiger partial charge is 0.466 e. The molecule has 0 fully saturated rings. The first kappa shape index (κ1) is 22.6. The monoisotopic (exact) mass is 350 g/mol. The minimum atomic E-state index is -4.28. The number of carbonyl (C=O) groups is 1. The number of hydrogen-bond acceptors (Lipinski definition) is 3. The summed E-state index contributed by atoms with van der Waals surface area (Å²) < 4.78 is 16.8. The highest BCUT2D eigenvalue weighted by molar-refractivity contribution is 7.51. The van der Waals surface area contributed by atoms with Gasteiger partial charge >= 0.3 is 13.6 Å². The zero-order chi connectivity index (χ0) is 17.8. The van der Waals surface area contributed by atoms with E-state index in [9.17, 15) is 19.1 Å². The van der Waals surface area contributed by atoms with E-state index >= 15 is 0 Å². The van der Waals surface area contributed by atoms with Crippen molar-refractivity contribution in [3.05, 3.63) is 0 Å².